The van der Waals surface area contributed by atoms with E-state index in [0.29, 0.717) is 12.3 Å². The van der Waals surface area contributed by atoms with Crippen LogP contribution in [0.1, 0.15) is 25.5 Å². The topological polar surface area (TPSA) is 85.5 Å². The Hall–Kier alpha value is -1.61. The van der Waals surface area contributed by atoms with Gasteiger partial charge >= 0.3 is 0 Å². The van der Waals surface area contributed by atoms with Gasteiger partial charge in [0, 0.05) is 12.6 Å². The van der Waals surface area contributed by atoms with Crippen LogP contribution in [0, 0.1) is 11.3 Å². The molecule has 0 saturated carbocycles. The van der Waals surface area contributed by atoms with Crippen molar-refractivity contribution in [1.29, 1.82) is 5.26 Å². The van der Waals surface area contributed by atoms with E-state index in [2.05, 4.69) is 5.32 Å². The summed E-state index contributed by atoms with van der Waals surface area (Å²) in [5.41, 5.74) is -0.0811. The van der Waals surface area contributed by atoms with Gasteiger partial charge in [0.2, 0.25) is 0 Å². The molecule has 1 aromatic carbocycles. The summed E-state index contributed by atoms with van der Waals surface area (Å²) in [5, 5.41) is 30.2. The molecule has 5 heteroatoms. The average Bonchev–Trinajstić information content (AvgIpc) is 2.43. The van der Waals surface area contributed by atoms with E-state index in [1.165, 1.54) is 0 Å². The first kappa shape index (κ1) is 15.4. The van der Waals surface area contributed by atoms with Crippen molar-refractivity contribution in [1.82, 2.24) is 5.32 Å². The number of aliphatic hydroxyl groups excluding tert-OH is 1. The quantitative estimate of drug-likeness (QED) is 0.683. The Morgan fingerprint density at radius 1 is 1.42 bits per heavy atom. The molecule has 0 amide bonds. The zero-order valence-electron chi connectivity index (χ0n) is 11.3. The van der Waals surface area contributed by atoms with Gasteiger partial charge in [-0.2, -0.15) is 5.26 Å². The highest BCUT2D eigenvalue weighted by Crippen LogP contribution is 2.18. The van der Waals surface area contributed by atoms with Crippen molar-refractivity contribution in [3.8, 4) is 11.8 Å². The van der Waals surface area contributed by atoms with Crippen molar-refractivity contribution in [3.05, 3.63) is 29.8 Å². The minimum atomic E-state index is -1.12. The van der Waals surface area contributed by atoms with Crippen LogP contribution < -0.4 is 10.1 Å². The van der Waals surface area contributed by atoms with E-state index in [9.17, 15) is 5.11 Å². The maximum atomic E-state index is 9.70. The number of benzene rings is 1. The van der Waals surface area contributed by atoms with Gasteiger partial charge in [-0.05, 0) is 31.5 Å². The fraction of sp³-hybridized carbons (Fsp3) is 0.500. The predicted octanol–water partition coefficient (Wildman–Crippen LogP) is 0.983. The first-order valence-corrected chi connectivity index (χ1v) is 6.15. The maximum absolute atomic E-state index is 9.70. The third kappa shape index (κ3) is 5.26. The first-order valence-electron chi connectivity index (χ1n) is 6.15. The minimum absolute atomic E-state index is 0.0342. The Morgan fingerprint density at radius 3 is 2.58 bits per heavy atom. The van der Waals surface area contributed by atoms with Gasteiger partial charge in [-0.15, -0.1) is 0 Å². The molecule has 3 N–H and O–H groups in total. The van der Waals surface area contributed by atoms with E-state index >= 15 is 0 Å². The van der Waals surface area contributed by atoms with E-state index in [0.717, 1.165) is 5.56 Å². The van der Waals surface area contributed by atoms with Gasteiger partial charge < -0.3 is 20.3 Å². The molecule has 1 rings (SSSR count). The van der Waals surface area contributed by atoms with Crippen molar-refractivity contribution in [3.63, 3.8) is 0 Å². The standard InChI is InChI=1S/C14H20N2O3/c1-11(16-9-14(2,18)10-17)12-3-5-13(6-4-12)19-8-7-15/h3-6,11,16-18H,8-10H2,1-2H3. The lowest BCUT2D eigenvalue weighted by Gasteiger charge is -2.24. The number of ether oxygens (including phenoxy) is 1. The van der Waals surface area contributed by atoms with Crippen LogP contribution in [0.4, 0.5) is 0 Å². The molecule has 1 aromatic rings. The summed E-state index contributed by atoms with van der Waals surface area (Å²) in [5.74, 6) is 0.653. The van der Waals surface area contributed by atoms with E-state index in [-0.39, 0.29) is 19.3 Å². The second-order valence-electron chi connectivity index (χ2n) is 4.77. The molecule has 104 valence electrons. The summed E-state index contributed by atoms with van der Waals surface area (Å²) in [4.78, 5) is 0. The molecule has 2 atom stereocenters. The molecule has 0 aliphatic heterocycles. The van der Waals surface area contributed by atoms with Crippen LogP contribution in [0.25, 0.3) is 0 Å². The van der Waals surface area contributed by atoms with Crippen molar-refractivity contribution in [2.75, 3.05) is 19.8 Å². The molecule has 19 heavy (non-hydrogen) atoms. The SMILES string of the molecule is CC(NCC(C)(O)CO)c1ccc(OCC#N)cc1. The number of nitrogens with zero attached hydrogens (tertiary/aromatic N) is 1. The summed E-state index contributed by atoms with van der Waals surface area (Å²) in [6, 6.07) is 9.36. The molecule has 0 spiro atoms. The molecule has 0 heterocycles. The number of hydrogen-bond acceptors (Lipinski definition) is 5. The predicted molar refractivity (Wildman–Crippen MR) is 71.7 cm³/mol. The zero-order valence-corrected chi connectivity index (χ0v) is 11.3. The van der Waals surface area contributed by atoms with Gasteiger partial charge in [-0.1, -0.05) is 12.1 Å². The third-order valence-corrected chi connectivity index (χ3v) is 2.81. The zero-order chi connectivity index (χ0) is 14.3. The van der Waals surface area contributed by atoms with Crippen LogP contribution in [0.2, 0.25) is 0 Å². The van der Waals surface area contributed by atoms with Gasteiger partial charge in [0.15, 0.2) is 6.61 Å². The van der Waals surface area contributed by atoms with Crippen LogP contribution in [0.5, 0.6) is 5.75 Å². The number of nitriles is 1. The Labute approximate surface area is 113 Å². The smallest absolute Gasteiger partial charge is 0.174 e. The van der Waals surface area contributed by atoms with Crippen molar-refractivity contribution >= 4 is 0 Å². The monoisotopic (exact) mass is 264 g/mol. The van der Waals surface area contributed by atoms with E-state index in [1.54, 1.807) is 19.1 Å². The lowest BCUT2D eigenvalue weighted by molar-refractivity contribution is 0.00106. The summed E-state index contributed by atoms with van der Waals surface area (Å²) in [6.07, 6.45) is 0. The molecule has 5 nitrogen and oxygen atoms in total. The largest absolute Gasteiger partial charge is 0.479 e. The highest BCUT2D eigenvalue weighted by atomic mass is 16.5. The van der Waals surface area contributed by atoms with E-state index < -0.39 is 5.60 Å². The molecular weight excluding hydrogens is 244 g/mol. The maximum Gasteiger partial charge on any atom is 0.174 e. The second-order valence-corrected chi connectivity index (χ2v) is 4.77. The van der Waals surface area contributed by atoms with Gasteiger partial charge in [-0.3, -0.25) is 0 Å². The van der Waals surface area contributed by atoms with Crippen LogP contribution in [-0.2, 0) is 0 Å². The fourth-order valence-corrected chi connectivity index (χ4v) is 1.52. The molecule has 0 saturated heterocycles. The van der Waals surface area contributed by atoms with Gasteiger partial charge in [0.1, 0.15) is 11.8 Å². The van der Waals surface area contributed by atoms with E-state index in [1.807, 2.05) is 25.1 Å². The highest BCUT2D eigenvalue weighted by Gasteiger charge is 2.19. The highest BCUT2D eigenvalue weighted by molar-refractivity contribution is 5.29. The summed E-state index contributed by atoms with van der Waals surface area (Å²) < 4.78 is 5.17. The van der Waals surface area contributed by atoms with Gasteiger partial charge in [0.25, 0.3) is 0 Å². The Balaban J connectivity index is 2.53. The van der Waals surface area contributed by atoms with Crippen molar-refractivity contribution in [2.24, 2.45) is 0 Å². The number of rotatable bonds is 7. The Kier molecular flexibility index (Phi) is 5.77. The molecule has 0 aromatic heterocycles. The van der Waals surface area contributed by atoms with Crippen LogP contribution in [-0.4, -0.2) is 35.6 Å². The molecule has 0 fully saturated rings. The summed E-state index contributed by atoms with van der Waals surface area (Å²) in [6.45, 7) is 3.60. The van der Waals surface area contributed by atoms with Gasteiger partial charge in [0.05, 0.1) is 12.2 Å². The molecular formula is C14H20N2O3. The van der Waals surface area contributed by atoms with Crippen molar-refractivity contribution < 1.29 is 14.9 Å². The minimum Gasteiger partial charge on any atom is -0.479 e. The lowest BCUT2D eigenvalue weighted by atomic mass is 10.1. The molecule has 0 radical (unpaired) electrons. The molecule has 2 unspecified atom stereocenters. The molecule has 0 aliphatic rings. The first-order chi connectivity index (χ1) is 8.98. The summed E-state index contributed by atoms with van der Waals surface area (Å²) >= 11 is 0. The second kappa shape index (κ2) is 7.10. The van der Waals surface area contributed by atoms with E-state index in [4.69, 9.17) is 15.1 Å². The molecule has 0 bridgehead atoms. The van der Waals surface area contributed by atoms with Crippen LogP contribution in [0.3, 0.4) is 0 Å². The number of hydrogen-bond donors (Lipinski definition) is 3. The Morgan fingerprint density at radius 2 is 2.05 bits per heavy atom. The third-order valence-electron chi connectivity index (χ3n) is 2.81. The number of nitrogens with one attached hydrogen (secondary N) is 1. The van der Waals surface area contributed by atoms with Crippen LogP contribution >= 0.6 is 0 Å². The summed E-state index contributed by atoms with van der Waals surface area (Å²) in [7, 11) is 0. The fourth-order valence-electron chi connectivity index (χ4n) is 1.52. The normalized spacial score (nSPS) is 15.3. The average molecular weight is 264 g/mol. The number of aliphatic hydroxyl groups is 2. The van der Waals surface area contributed by atoms with Gasteiger partial charge in [-0.25, -0.2) is 0 Å². The lowest BCUT2D eigenvalue weighted by Crippen LogP contribution is -2.41. The Bertz CT molecular complexity index is 423. The van der Waals surface area contributed by atoms with Crippen molar-refractivity contribution in [2.45, 2.75) is 25.5 Å². The van der Waals surface area contributed by atoms with Crippen LogP contribution in [0.15, 0.2) is 24.3 Å². The molecule has 0 aliphatic carbocycles.